The maximum absolute atomic E-state index is 13.0. The Morgan fingerprint density at radius 2 is 1.78 bits per heavy atom. The van der Waals surface area contributed by atoms with E-state index in [1.165, 1.54) is 36.4 Å². The van der Waals surface area contributed by atoms with Gasteiger partial charge in [0, 0.05) is 43.6 Å². The van der Waals surface area contributed by atoms with Gasteiger partial charge in [-0.1, -0.05) is 24.3 Å². The number of hydrogen-bond acceptors (Lipinski definition) is 7. The zero-order chi connectivity index (χ0) is 24.7. The minimum Gasteiger partial charge on any atom is -0.365 e. The molecule has 0 bridgehead atoms. The third kappa shape index (κ3) is 6.18. The molecule has 0 radical (unpaired) electrons. The topological polar surface area (TPSA) is 121 Å². The summed E-state index contributed by atoms with van der Waals surface area (Å²) in [6.07, 6.45) is 8.61. The lowest BCUT2D eigenvalue weighted by molar-refractivity contribution is 0.0849. The van der Waals surface area contributed by atoms with Gasteiger partial charge >= 0.3 is 6.03 Å². The minimum atomic E-state index is -0.327. The number of ether oxygens (including phenoxy) is 1. The van der Waals surface area contributed by atoms with E-state index < -0.39 is 0 Å². The zero-order valence-corrected chi connectivity index (χ0v) is 20.5. The molecule has 5 rings (SSSR count). The maximum atomic E-state index is 13.0. The molecule has 2 fully saturated rings. The number of urea groups is 1. The molecule has 2 aromatic rings. The standard InChI is InChI=1S/C26H35N7O3/c34-25(31-22-14-18-4-1-2-5-19(18)15-22)23-24(29-11-10-28-23)32-26(35)33-12-7-20(8-13-33)30-17-36-16-21-6-3-9-27-21/h1-2,4-5,10-11,20-22,27,30H,3,6-9,12-17H2,(H,31,34)(H,29,32,35). The van der Waals surface area contributed by atoms with Crippen molar-refractivity contribution in [3.8, 4) is 0 Å². The highest BCUT2D eigenvalue weighted by atomic mass is 16.5. The van der Waals surface area contributed by atoms with Gasteiger partial charge in [0.15, 0.2) is 11.5 Å². The van der Waals surface area contributed by atoms with Crippen LogP contribution in [0.1, 0.15) is 47.3 Å². The fraction of sp³-hybridized carbons (Fsp3) is 0.538. The number of piperidine rings is 1. The number of nitrogens with zero attached hydrogens (tertiary/aromatic N) is 3. The largest absolute Gasteiger partial charge is 0.365 e. The number of rotatable bonds is 8. The molecule has 36 heavy (non-hydrogen) atoms. The Bertz CT molecular complexity index is 1030. The molecule has 4 N–H and O–H groups in total. The third-order valence-electron chi connectivity index (χ3n) is 7.26. The lowest BCUT2D eigenvalue weighted by atomic mass is 10.1. The molecular weight excluding hydrogens is 458 g/mol. The Hall–Kier alpha value is -3.08. The molecule has 10 nitrogen and oxygen atoms in total. The number of likely N-dealkylation sites (tertiary alicyclic amines) is 1. The van der Waals surface area contributed by atoms with Gasteiger partial charge in [-0.25, -0.2) is 14.8 Å². The number of carbonyl (C=O) groups excluding carboxylic acids is 2. The number of nitrogens with one attached hydrogen (secondary N) is 4. The number of benzene rings is 1. The third-order valence-corrected chi connectivity index (χ3v) is 7.26. The van der Waals surface area contributed by atoms with Gasteiger partial charge in [0.05, 0.1) is 13.3 Å². The highest BCUT2D eigenvalue weighted by Crippen LogP contribution is 2.22. The molecule has 3 aliphatic rings. The Kier molecular flexibility index (Phi) is 8.04. The molecule has 1 unspecified atom stereocenters. The Labute approximate surface area is 211 Å². The van der Waals surface area contributed by atoms with Crippen molar-refractivity contribution in [2.24, 2.45) is 0 Å². The molecule has 192 valence electrons. The van der Waals surface area contributed by atoms with Crippen LogP contribution in [-0.2, 0) is 17.6 Å². The van der Waals surface area contributed by atoms with Crippen molar-refractivity contribution in [2.75, 3.05) is 38.3 Å². The normalized spacial score (nSPS) is 20.3. The molecule has 1 aliphatic carbocycles. The fourth-order valence-electron chi connectivity index (χ4n) is 5.25. The number of amides is 3. The van der Waals surface area contributed by atoms with Crippen LogP contribution in [0.4, 0.5) is 10.6 Å². The minimum absolute atomic E-state index is 0.00499. The summed E-state index contributed by atoms with van der Waals surface area (Å²) in [5.41, 5.74) is 2.64. The van der Waals surface area contributed by atoms with Crippen molar-refractivity contribution >= 4 is 17.8 Å². The van der Waals surface area contributed by atoms with Crippen LogP contribution in [0.3, 0.4) is 0 Å². The summed E-state index contributed by atoms with van der Waals surface area (Å²) in [7, 11) is 0. The molecule has 1 aromatic carbocycles. The van der Waals surface area contributed by atoms with E-state index in [1.54, 1.807) is 4.90 Å². The molecular formula is C26H35N7O3. The second kappa shape index (κ2) is 11.8. The van der Waals surface area contributed by atoms with Crippen LogP contribution in [0.2, 0.25) is 0 Å². The van der Waals surface area contributed by atoms with Crippen molar-refractivity contribution in [1.82, 2.24) is 30.8 Å². The van der Waals surface area contributed by atoms with E-state index in [0.717, 1.165) is 38.8 Å². The van der Waals surface area contributed by atoms with E-state index in [4.69, 9.17) is 4.74 Å². The van der Waals surface area contributed by atoms with Gasteiger partial charge < -0.3 is 20.3 Å². The second-order valence-corrected chi connectivity index (χ2v) is 9.80. The van der Waals surface area contributed by atoms with Crippen LogP contribution in [0.25, 0.3) is 0 Å². The first-order valence-electron chi connectivity index (χ1n) is 12.9. The van der Waals surface area contributed by atoms with Gasteiger partial charge in [0.25, 0.3) is 5.91 Å². The average Bonchev–Trinajstić information content (AvgIpc) is 3.56. The van der Waals surface area contributed by atoms with Gasteiger partial charge in [0.1, 0.15) is 0 Å². The first-order valence-corrected chi connectivity index (χ1v) is 12.9. The van der Waals surface area contributed by atoms with E-state index in [9.17, 15) is 9.59 Å². The predicted octanol–water partition coefficient (Wildman–Crippen LogP) is 1.69. The van der Waals surface area contributed by atoms with Crippen LogP contribution in [0, 0.1) is 0 Å². The number of aromatic nitrogens is 2. The molecule has 3 heterocycles. The molecule has 1 aromatic heterocycles. The van der Waals surface area contributed by atoms with E-state index in [1.807, 2.05) is 12.1 Å². The average molecular weight is 494 g/mol. The van der Waals surface area contributed by atoms with Crippen molar-refractivity contribution < 1.29 is 14.3 Å². The van der Waals surface area contributed by atoms with Crippen LogP contribution < -0.4 is 21.3 Å². The van der Waals surface area contributed by atoms with Crippen LogP contribution in [-0.4, -0.2) is 77.9 Å². The molecule has 0 saturated carbocycles. The highest BCUT2D eigenvalue weighted by molar-refractivity contribution is 6.00. The van der Waals surface area contributed by atoms with E-state index >= 15 is 0 Å². The summed E-state index contributed by atoms with van der Waals surface area (Å²) in [5, 5.41) is 12.7. The van der Waals surface area contributed by atoms with Gasteiger partial charge in [-0.2, -0.15) is 0 Å². The van der Waals surface area contributed by atoms with Gasteiger partial charge in [-0.05, 0) is 56.2 Å². The number of carbonyl (C=O) groups is 2. The fourth-order valence-corrected chi connectivity index (χ4v) is 5.25. The highest BCUT2D eigenvalue weighted by Gasteiger charge is 2.27. The number of hydrogen-bond donors (Lipinski definition) is 4. The molecule has 1 atom stereocenters. The number of anilines is 1. The van der Waals surface area contributed by atoms with Crippen molar-refractivity contribution in [2.45, 2.75) is 56.7 Å². The summed E-state index contributed by atoms with van der Waals surface area (Å²) < 4.78 is 5.76. The van der Waals surface area contributed by atoms with Crippen LogP contribution in [0.5, 0.6) is 0 Å². The monoisotopic (exact) mass is 493 g/mol. The lowest BCUT2D eigenvalue weighted by Gasteiger charge is -2.32. The summed E-state index contributed by atoms with van der Waals surface area (Å²) in [5.74, 6) is -0.142. The molecule has 10 heteroatoms. The molecule has 2 saturated heterocycles. The van der Waals surface area contributed by atoms with Crippen molar-refractivity contribution in [3.05, 3.63) is 53.5 Å². The quantitative estimate of drug-likeness (QED) is 0.326. The van der Waals surface area contributed by atoms with Crippen LogP contribution >= 0.6 is 0 Å². The maximum Gasteiger partial charge on any atom is 0.323 e. The summed E-state index contributed by atoms with van der Waals surface area (Å²) in [6, 6.07) is 8.75. The van der Waals surface area contributed by atoms with Gasteiger partial charge in [0.2, 0.25) is 0 Å². The Balaban J connectivity index is 1.07. The van der Waals surface area contributed by atoms with Gasteiger partial charge in [-0.15, -0.1) is 0 Å². The smallest absolute Gasteiger partial charge is 0.323 e. The van der Waals surface area contributed by atoms with Crippen molar-refractivity contribution in [1.29, 1.82) is 0 Å². The molecule has 3 amide bonds. The van der Waals surface area contributed by atoms with Crippen molar-refractivity contribution in [3.63, 3.8) is 0 Å². The first-order chi connectivity index (χ1) is 17.7. The first kappa shape index (κ1) is 24.6. The summed E-state index contributed by atoms with van der Waals surface area (Å²) in [4.78, 5) is 36.1. The van der Waals surface area contributed by atoms with E-state index in [0.29, 0.717) is 31.9 Å². The molecule has 2 aliphatic heterocycles. The second-order valence-electron chi connectivity index (χ2n) is 9.80. The van der Waals surface area contributed by atoms with Crippen LogP contribution in [0.15, 0.2) is 36.7 Å². The number of fused-ring (bicyclic) bond motifs is 1. The zero-order valence-electron chi connectivity index (χ0n) is 20.5. The van der Waals surface area contributed by atoms with Gasteiger partial charge in [-0.3, -0.25) is 15.4 Å². The lowest BCUT2D eigenvalue weighted by Crippen LogP contribution is -2.47. The summed E-state index contributed by atoms with van der Waals surface area (Å²) in [6.45, 7) is 3.58. The summed E-state index contributed by atoms with van der Waals surface area (Å²) >= 11 is 0. The van der Waals surface area contributed by atoms with E-state index in [-0.39, 0.29) is 29.5 Å². The Morgan fingerprint density at radius 1 is 1.03 bits per heavy atom. The molecule has 0 spiro atoms. The Morgan fingerprint density at radius 3 is 2.50 bits per heavy atom. The SMILES string of the molecule is O=C(NC1Cc2ccccc2C1)c1nccnc1NC(=O)N1CCC(NCOCC2CCCN2)CC1. The van der Waals surface area contributed by atoms with E-state index in [2.05, 4.69) is 43.4 Å². The predicted molar refractivity (Wildman–Crippen MR) is 136 cm³/mol.